The van der Waals surface area contributed by atoms with Gasteiger partial charge in [0.2, 0.25) is 11.7 Å². The van der Waals surface area contributed by atoms with E-state index < -0.39 is 0 Å². The van der Waals surface area contributed by atoms with Gasteiger partial charge in [-0.25, -0.2) is 0 Å². The predicted molar refractivity (Wildman–Crippen MR) is 110 cm³/mol. The van der Waals surface area contributed by atoms with Crippen molar-refractivity contribution in [2.45, 2.75) is 6.54 Å². The van der Waals surface area contributed by atoms with Gasteiger partial charge in [0.25, 0.3) is 5.91 Å². The number of phenols is 1. The molecule has 0 aliphatic rings. The summed E-state index contributed by atoms with van der Waals surface area (Å²) in [6.45, 7) is 4.12. The van der Waals surface area contributed by atoms with Gasteiger partial charge in [0.05, 0.1) is 5.69 Å². The van der Waals surface area contributed by atoms with Crippen molar-refractivity contribution in [3.63, 3.8) is 0 Å². The zero-order valence-electron chi connectivity index (χ0n) is 16.0. The average Bonchev–Trinajstić information content (AvgIpc) is 3.44. The second-order valence-electron chi connectivity index (χ2n) is 6.54. The summed E-state index contributed by atoms with van der Waals surface area (Å²) < 4.78 is 5.32. The number of benzene rings is 2. The van der Waals surface area contributed by atoms with E-state index in [2.05, 4.69) is 26.9 Å². The molecule has 0 bridgehead atoms. The van der Waals surface area contributed by atoms with Gasteiger partial charge in [-0.15, -0.1) is 6.58 Å². The Balaban J connectivity index is 1.54. The van der Waals surface area contributed by atoms with Crippen LogP contribution in [0.2, 0.25) is 0 Å². The van der Waals surface area contributed by atoms with Crippen molar-refractivity contribution >= 4 is 5.91 Å². The highest BCUT2D eigenvalue weighted by molar-refractivity contribution is 5.93. The number of hydrogen-bond acceptors (Lipinski definition) is 6. The molecule has 0 spiro atoms. The SMILES string of the molecule is C=CCN(Cc1nc(-c2ccccc2)no1)C(=O)c1cc(-c2ccccc2O)n[nH]1. The largest absolute Gasteiger partial charge is 0.507 e. The van der Waals surface area contributed by atoms with Gasteiger partial charge >= 0.3 is 0 Å². The van der Waals surface area contributed by atoms with E-state index in [1.165, 1.54) is 4.90 Å². The van der Waals surface area contributed by atoms with Gasteiger partial charge in [-0.3, -0.25) is 9.89 Å². The molecule has 2 aromatic heterocycles. The van der Waals surface area contributed by atoms with E-state index in [4.69, 9.17) is 4.52 Å². The molecule has 2 N–H and O–H groups in total. The lowest BCUT2D eigenvalue weighted by atomic mass is 10.1. The Morgan fingerprint density at radius 3 is 2.70 bits per heavy atom. The summed E-state index contributed by atoms with van der Waals surface area (Å²) in [6.07, 6.45) is 1.62. The second-order valence-corrected chi connectivity index (χ2v) is 6.54. The zero-order chi connectivity index (χ0) is 20.9. The van der Waals surface area contributed by atoms with Crippen molar-refractivity contribution < 1.29 is 14.4 Å². The van der Waals surface area contributed by atoms with E-state index in [0.717, 1.165) is 5.56 Å². The maximum atomic E-state index is 13.0. The zero-order valence-corrected chi connectivity index (χ0v) is 16.0. The van der Waals surface area contributed by atoms with Crippen LogP contribution in [-0.2, 0) is 6.54 Å². The van der Waals surface area contributed by atoms with Gasteiger partial charge in [0.1, 0.15) is 18.0 Å². The highest BCUT2D eigenvalue weighted by atomic mass is 16.5. The molecule has 4 aromatic rings. The van der Waals surface area contributed by atoms with Crippen LogP contribution in [0.4, 0.5) is 0 Å². The molecule has 0 saturated carbocycles. The average molecular weight is 401 g/mol. The van der Waals surface area contributed by atoms with Crippen molar-refractivity contribution in [2.75, 3.05) is 6.54 Å². The van der Waals surface area contributed by atoms with Gasteiger partial charge in [0, 0.05) is 17.7 Å². The Morgan fingerprint density at radius 1 is 1.17 bits per heavy atom. The van der Waals surface area contributed by atoms with Crippen LogP contribution in [0.15, 0.2) is 77.8 Å². The monoisotopic (exact) mass is 401 g/mol. The van der Waals surface area contributed by atoms with Crippen LogP contribution in [-0.4, -0.2) is 42.8 Å². The summed E-state index contributed by atoms with van der Waals surface area (Å²) in [5.41, 5.74) is 2.11. The van der Waals surface area contributed by atoms with E-state index in [-0.39, 0.29) is 30.4 Å². The van der Waals surface area contributed by atoms with Crippen LogP contribution < -0.4 is 0 Å². The fourth-order valence-corrected chi connectivity index (χ4v) is 2.99. The molecule has 0 fully saturated rings. The number of phenolic OH excluding ortho intramolecular Hbond substituents is 1. The van der Waals surface area contributed by atoms with Gasteiger partial charge in [0.15, 0.2) is 0 Å². The number of H-pyrrole nitrogens is 1. The lowest BCUT2D eigenvalue weighted by molar-refractivity contribution is 0.0739. The number of hydrogen-bond donors (Lipinski definition) is 2. The van der Waals surface area contributed by atoms with Crippen LogP contribution in [0, 0.1) is 0 Å². The first kappa shape index (κ1) is 19.1. The number of carbonyl (C=O) groups is 1. The molecule has 2 heterocycles. The Bertz CT molecular complexity index is 1170. The van der Waals surface area contributed by atoms with Crippen molar-refractivity contribution in [3.8, 4) is 28.4 Å². The smallest absolute Gasteiger partial charge is 0.272 e. The summed E-state index contributed by atoms with van der Waals surface area (Å²) in [6, 6.07) is 17.8. The number of nitrogens with zero attached hydrogens (tertiary/aromatic N) is 4. The number of nitrogens with one attached hydrogen (secondary N) is 1. The lowest BCUT2D eigenvalue weighted by Gasteiger charge is -2.17. The standard InChI is InChI=1S/C22H19N5O3/c1-2-12-27(14-20-23-21(26-30-20)15-8-4-3-5-9-15)22(29)18-13-17(24-25-18)16-10-6-7-11-19(16)28/h2-11,13,28H,1,12,14H2,(H,24,25). The Kier molecular flexibility index (Phi) is 5.38. The molecule has 0 saturated heterocycles. The number of para-hydroxylation sites is 1. The van der Waals surface area contributed by atoms with Crippen molar-refractivity contribution in [3.05, 3.63) is 84.9 Å². The van der Waals surface area contributed by atoms with Crippen molar-refractivity contribution in [1.82, 2.24) is 25.2 Å². The Labute approximate surface area is 172 Å². The van der Waals surface area contributed by atoms with E-state index in [9.17, 15) is 9.90 Å². The third kappa shape index (κ3) is 3.97. The van der Waals surface area contributed by atoms with E-state index in [1.807, 2.05) is 30.3 Å². The third-order valence-corrected chi connectivity index (χ3v) is 4.45. The normalized spacial score (nSPS) is 10.7. The number of aromatic nitrogens is 4. The minimum Gasteiger partial charge on any atom is -0.507 e. The summed E-state index contributed by atoms with van der Waals surface area (Å²) in [4.78, 5) is 18.9. The number of amides is 1. The third-order valence-electron chi connectivity index (χ3n) is 4.45. The van der Waals surface area contributed by atoms with E-state index in [1.54, 1.807) is 36.4 Å². The van der Waals surface area contributed by atoms with Crippen LogP contribution in [0.1, 0.15) is 16.4 Å². The molecule has 150 valence electrons. The molecule has 1 amide bonds. The maximum absolute atomic E-state index is 13.0. The molecule has 4 rings (SSSR count). The van der Waals surface area contributed by atoms with E-state index in [0.29, 0.717) is 23.0 Å². The molecule has 30 heavy (non-hydrogen) atoms. The summed E-state index contributed by atoms with van der Waals surface area (Å²) >= 11 is 0. The predicted octanol–water partition coefficient (Wildman–Crippen LogP) is 3.66. The van der Waals surface area contributed by atoms with Gasteiger partial charge in [-0.2, -0.15) is 10.1 Å². The number of aromatic amines is 1. The number of rotatable bonds is 7. The Morgan fingerprint density at radius 2 is 1.93 bits per heavy atom. The Hall–Kier alpha value is -4.20. The van der Waals surface area contributed by atoms with Gasteiger partial charge in [-0.05, 0) is 18.2 Å². The van der Waals surface area contributed by atoms with Crippen LogP contribution in [0.5, 0.6) is 5.75 Å². The fourth-order valence-electron chi connectivity index (χ4n) is 2.99. The minimum absolute atomic E-state index is 0.0882. The first-order chi connectivity index (χ1) is 14.7. The fraction of sp³-hybridized carbons (Fsp3) is 0.0909. The minimum atomic E-state index is -0.302. The molecule has 0 radical (unpaired) electrons. The van der Waals surface area contributed by atoms with Crippen LogP contribution in [0.3, 0.4) is 0 Å². The summed E-state index contributed by atoms with van der Waals surface area (Å²) in [5.74, 6) is 0.554. The molecule has 0 atom stereocenters. The van der Waals surface area contributed by atoms with E-state index >= 15 is 0 Å². The lowest BCUT2D eigenvalue weighted by Crippen LogP contribution is -2.31. The molecular formula is C22H19N5O3. The molecule has 0 aliphatic carbocycles. The quantitative estimate of drug-likeness (QED) is 0.458. The number of aromatic hydroxyl groups is 1. The van der Waals surface area contributed by atoms with Gasteiger partial charge < -0.3 is 14.5 Å². The second kappa shape index (κ2) is 8.44. The van der Waals surface area contributed by atoms with Crippen LogP contribution in [0.25, 0.3) is 22.6 Å². The molecule has 2 aromatic carbocycles. The summed E-state index contributed by atoms with van der Waals surface area (Å²) in [7, 11) is 0. The van der Waals surface area contributed by atoms with Crippen molar-refractivity contribution in [2.24, 2.45) is 0 Å². The first-order valence-electron chi connectivity index (χ1n) is 9.27. The first-order valence-corrected chi connectivity index (χ1v) is 9.27. The molecular weight excluding hydrogens is 382 g/mol. The number of carbonyl (C=O) groups excluding carboxylic acids is 1. The molecule has 8 nitrogen and oxygen atoms in total. The summed E-state index contributed by atoms with van der Waals surface area (Å²) in [5, 5.41) is 20.9. The molecule has 0 aliphatic heterocycles. The van der Waals surface area contributed by atoms with Gasteiger partial charge in [-0.1, -0.05) is 53.7 Å². The topological polar surface area (TPSA) is 108 Å². The maximum Gasteiger partial charge on any atom is 0.272 e. The molecule has 8 heteroatoms. The molecule has 0 unspecified atom stereocenters. The van der Waals surface area contributed by atoms with Crippen LogP contribution >= 0.6 is 0 Å². The highest BCUT2D eigenvalue weighted by Crippen LogP contribution is 2.27. The van der Waals surface area contributed by atoms with Crippen molar-refractivity contribution in [1.29, 1.82) is 0 Å². The highest BCUT2D eigenvalue weighted by Gasteiger charge is 2.21.